The molecule has 0 N–H and O–H groups in total. The zero-order valence-electron chi connectivity index (χ0n) is 7.77. The molecule has 1 heterocycles. The van der Waals surface area contributed by atoms with E-state index in [-0.39, 0.29) is 25.0 Å². The zero-order valence-corrected chi connectivity index (χ0v) is 9.93. The van der Waals surface area contributed by atoms with Crippen LogP contribution in [0.25, 0.3) is 0 Å². The second kappa shape index (κ2) is 4.28. The van der Waals surface area contributed by atoms with E-state index in [4.69, 9.17) is 4.74 Å². The normalized spacial score (nSPS) is 17.0. The topological polar surface area (TPSA) is 46.6 Å². The highest BCUT2D eigenvalue weighted by Crippen LogP contribution is 2.23. The number of rotatable bonds is 1. The molecule has 0 unspecified atom stereocenters. The number of morpholine rings is 1. The van der Waals surface area contributed by atoms with Crippen LogP contribution in [0.5, 0.6) is 0 Å². The number of anilines is 1. The Bertz CT molecular complexity index is 403. The average molecular weight is 317 g/mol. The summed E-state index contributed by atoms with van der Waals surface area (Å²) in [5, 5.41) is 0. The molecule has 1 fully saturated rings. The van der Waals surface area contributed by atoms with Crippen LogP contribution in [0.1, 0.15) is 0 Å². The van der Waals surface area contributed by atoms with Crippen molar-refractivity contribution in [2.24, 2.45) is 0 Å². The number of hydrogen-bond donors (Lipinski definition) is 0. The number of amides is 2. The predicted octanol–water partition coefficient (Wildman–Crippen LogP) is 1.18. The summed E-state index contributed by atoms with van der Waals surface area (Å²) in [7, 11) is 0. The van der Waals surface area contributed by atoms with Gasteiger partial charge in [-0.25, -0.2) is 4.90 Å². The maximum absolute atomic E-state index is 11.5. The Labute approximate surface area is 100 Å². The van der Waals surface area contributed by atoms with Gasteiger partial charge >= 0.3 is 0 Å². The smallest absolute Gasteiger partial charge is 0.259 e. The van der Waals surface area contributed by atoms with E-state index in [2.05, 4.69) is 22.6 Å². The maximum atomic E-state index is 11.5. The third-order valence-corrected chi connectivity index (χ3v) is 2.96. The van der Waals surface area contributed by atoms with E-state index in [0.717, 1.165) is 3.57 Å². The Kier molecular flexibility index (Phi) is 3.01. The first-order chi connectivity index (χ1) is 7.20. The Balaban J connectivity index is 2.40. The molecule has 0 atom stereocenters. The Morgan fingerprint density at radius 1 is 1.13 bits per heavy atom. The predicted molar refractivity (Wildman–Crippen MR) is 62.5 cm³/mol. The van der Waals surface area contributed by atoms with E-state index in [1.165, 1.54) is 4.90 Å². The van der Waals surface area contributed by atoms with Crippen LogP contribution in [-0.4, -0.2) is 25.0 Å². The zero-order chi connectivity index (χ0) is 10.8. The molecule has 5 heteroatoms. The van der Waals surface area contributed by atoms with Crippen LogP contribution in [0.2, 0.25) is 0 Å². The van der Waals surface area contributed by atoms with Crippen molar-refractivity contribution in [1.82, 2.24) is 0 Å². The third-order valence-electron chi connectivity index (χ3n) is 2.04. The second-order valence-electron chi connectivity index (χ2n) is 3.07. The number of nitrogens with zero attached hydrogens (tertiary/aromatic N) is 1. The minimum absolute atomic E-state index is 0.0310. The molecular formula is C10H8INO3. The van der Waals surface area contributed by atoms with Gasteiger partial charge in [-0.3, -0.25) is 9.59 Å². The summed E-state index contributed by atoms with van der Waals surface area (Å²) in [5.74, 6) is -0.620. The summed E-state index contributed by atoms with van der Waals surface area (Å²) < 4.78 is 5.72. The number of carbonyl (C=O) groups excluding carboxylic acids is 2. The molecule has 0 saturated carbocycles. The monoisotopic (exact) mass is 317 g/mol. The first-order valence-corrected chi connectivity index (χ1v) is 5.46. The fourth-order valence-corrected chi connectivity index (χ4v) is 2.02. The van der Waals surface area contributed by atoms with E-state index in [0.29, 0.717) is 5.69 Å². The molecular weight excluding hydrogens is 309 g/mol. The van der Waals surface area contributed by atoms with Crippen LogP contribution in [-0.2, 0) is 14.3 Å². The molecule has 0 aliphatic carbocycles. The van der Waals surface area contributed by atoms with Gasteiger partial charge in [0.15, 0.2) is 0 Å². The van der Waals surface area contributed by atoms with Crippen LogP contribution in [0.4, 0.5) is 5.69 Å². The van der Waals surface area contributed by atoms with Gasteiger partial charge in [-0.1, -0.05) is 12.1 Å². The van der Waals surface area contributed by atoms with E-state index in [9.17, 15) is 9.59 Å². The molecule has 1 aromatic carbocycles. The van der Waals surface area contributed by atoms with Crippen molar-refractivity contribution in [2.75, 3.05) is 18.1 Å². The van der Waals surface area contributed by atoms with Crippen LogP contribution in [0, 0.1) is 3.57 Å². The molecule has 1 aliphatic heterocycles. The minimum Gasteiger partial charge on any atom is -0.362 e. The van der Waals surface area contributed by atoms with Gasteiger partial charge < -0.3 is 4.74 Å². The van der Waals surface area contributed by atoms with E-state index < -0.39 is 0 Å². The van der Waals surface area contributed by atoms with Crippen LogP contribution in [0.3, 0.4) is 0 Å². The number of imide groups is 1. The molecule has 1 aromatic rings. The molecule has 0 bridgehead atoms. The summed E-state index contributed by atoms with van der Waals surface area (Å²) in [5.41, 5.74) is 0.636. The van der Waals surface area contributed by atoms with Crippen molar-refractivity contribution in [3.63, 3.8) is 0 Å². The molecule has 0 aromatic heterocycles. The highest BCUT2D eigenvalue weighted by Gasteiger charge is 2.29. The first-order valence-electron chi connectivity index (χ1n) is 4.38. The second-order valence-corrected chi connectivity index (χ2v) is 4.23. The summed E-state index contributed by atoms with van der Waals surface area (Å²) in [4.78, 5) is 24.3. The molecule has 4 nitrogen and oxygen atoms in total. The highest BCUT2D eigenvalue weighted by atomic mass is 127. The minimum atomic E-state index is -0.310. The number of benzene rings is 1. The molecule has 0 radical (unpaired) electrons. The molecule has 78 valence electrons. The number of ether oxygens (including phenoxy) is 1. The SMILES string of the molecule is O=C1COCC(=O)N1c1ccccc1I. The van der Waals surface area contributed by atoms with Crippen molar-refractivity contribution >= 4 is 40.1 Å². The van der Waals surface area contributed by atoms with Crippen molar-refractivity contribution < 1.29 is 14.3 Å². The molecule has 15 heavy (non-hydrogen) atoms. The maximum Gasteiger partial charge on any atom is 0.259 e. The molecule has 1 saturated heterocycles. The van der Waals surface area contributed by atoms with Crippen molar-refractivity contribution in [1.29, 1.82) is 0 Å². The lowest BCUT2D eigenvalue weighted by atomic mass is 10.2. The fraction of sp³-hybridized carbons (Fsp3) is 0.200. The Morgan fingerprint density at radius 3 is 2.33 bits per heavy atom. The number of hydrogen-bond acceptors (Lipinski definition) is 3. The van der Waals surface area contributed by atoms with Gasteiger partial charge in [0.2, 0.25) is 0 Å². The largest absolute Gasteiger partial charge is 0.362 e. The lowest BCUT2D eigenvalue weighted by Gasteiger charge is -2.25. The lowest BCUT2D eigenvalue weighted by Crippen LogP contribution is -2.46. The standard InChI is InChI=1S/C10H8INO3/c11-7-3-1-2-4-8(7)12-9(13)5-15-6-10(12)14/h1-4H,5-6H2. The van der Waals surface area contributed by atoms with Crippen molar-refractivity contribution in [3.05, 3.63) is 27.8 Å². The molecule has 2 rings (SSSR count). The van der Waals surface area contributed by atoms with E-state index in [1.54, 1.807) is 12.1 Å². The fourth-order valence-electron chi connectivity index (χ4n) is 1.40. The Morgan fingerprint density at radius 2 is 1.73 bits per heavy atom. The van der Waals surface area contributed by atoms with Gasteiger partial charge in [0.05, 0.1) is 5.69 Å². The molecule has 2 amide bonds. The van der Waals surface area contributed by atoms with Gasteiger partial charge in [-0.2, -0.15) is 0 Å². The first kappa shape index (κ1) is 10.6. The van der Waals surface area contributed by atoms with Gasteiger partial charge in [-0.15, -0.1) is 0 Å². The van der Waals surface area contributed by atoms with Gasteiger partial charge in [0.1, 0.15) is 13.2 Å². The van der Waals surface area contributed by atoms with Crippen LogP contribution < -0.4 is 4.90 Å². The Hall–Kier alpha value is -0.950. The van der Waals surface area contributed by atoms with Gasteiger partial charge in [-0.05, 0) is 34.7 Å². The summed E-state index contributed by atoms with van der Waals surface area (Å²) in [6.45, 7) is -0.0621. The van der Waals surface area contributed by atoms with Crippen LogP contribution in [0.15, 0.2) is 24.3 Å². The average Bonchev–Trinajstić information content (AvgIpc) is 2.20. The summed E-state index contributed by atoms with van der Waals surface area (Å²) >= 11 is 2.10. The number of halogens is 1. The number of para-hydroxylation sites is 1. The van der Waals surface area contributed by atoms with E-state index >= 15 is 0 Å². The lowest BCUT2D eigenvalue weighted by molar-refractivity contribution is -0.138. The number of carbonyl (C=O) groups is 2. The summed E-state index contributed by atoms with van der Waals surface area (Å²) in [6.07, 6.45) is 0. The summed E-state index contributed by atoms with van der Waals surface area (Å²) in [6, 6.07) is 7.27. The molecule has 1 aliphatic rings. The van der Waals surface area contributed by atoms with E-state index in [1.807, 2.05) is 12.1 Å². The van der Waals surface area contributed by atoms with Crippen molar-refractivity contribution in [3.8, 4) is 0 Å². The van der Waals surface area contributed by atoms with Gasteiger partial charge in [0.25, 0.3) is 11.8 Å². The van der Waals surface area contributed by atoms with Gasteiger partial charge in [0, 0.05) is 3.57 Å². The quantitative estimate of drug-likeness (QED) is 0.577. The molecule has 0 spiro atoms. The van der Waals surface area contributed by atoms with Crippen molar-refractivity contribution in [2.45, 2.75) is 0 Å². The highest BCUT2D eigenvalue weighted by molar-refractivity contribution is 14.1. The van der Waals surface area contributed by atoms with Crippen LogP contribution >= 0.6 is 22.6 Å². The third kappa shape index (κ3) is 2.03.